The lowest BCUT2D eigenvalue weighted by molar-refractivity contribution is -0.163. The van der Waals surface area contributed by atoms with Crippen LogP contribution >= 0.6 is 0 Å². The van der Waals surface area contributed by atoms with Crippen molar-refractivity contribution in [1.82, 2.24) is 5.32 Å². The molecule has 0 radical (unpaired) electrons. The molecule has 6 heteroatoms. The maximum atomic E-state index is 11.8. The number of allylic oxidation sites excluding steroid dienone is 1. The van der Waals surface area contributed by atoms with Gasteiger partial charge in [-0.1, -0.05) is 34.6 Å². The van der Waals surface area contributed by atoms with Crippen molar-refractivity contribution >= 4 is 5.97 Å². The lowest BCUT2D eigenvalue weighted by atomic mass is 9.45. The van der Waals surface area contributed by atoms with E-state index in [4.69, 9.17) is 10.5 Å². The molecule has 0 saturated heterocycles. The first-order valence-corrected chi connectivity index (χ1v) is 11.0. The van der Waals surface area contributed by atoms with Crippen LogP contribution in [0.15, 0.2) is 24.1 Å². The average Bonchev–Trinajstić information content (AvgIpc) is 2.62. The number of carboxylic acid groups (broad SMARTS) is 1. The minimum Gasteiger partial charge on any atom is -0.490 e. The number of carbonyl (C=O) groups is 1. The number of rotatable bonds is 8. The molecule has 4 rings (SSSR count). The topological polar surface area (TPSA) is 105 Å². The van der Waals surface area contributed by atoms with Crippen molar-refractivity contribution in [3.63, 3.8) is 0 Å². The molecule has 5 N–H and O–H groups in total. The van der Waals surface area contributed by atoms with E-state index < -0.39 is 17.6 Å². The Bertz CT molecular complexity index is 686. The van der Waals surface area contributed by atoms with Crippen molar-refractivity contribution in [2.45, 2.75) is 84.1 Å². The number of dihydropyridines is 1. The van der Waals surface area contributed by atoms with Gasteiger partial charge in [-0.25, -0.2) is 4.79 Å². The fraction of sp³-hybridized carbons (Fsp3) is 0.783. The molecule has 0 aromatic rings. The van der Waals surface area contributed by atoms with E-state index in [0.29, 0.717) is 29.6 Å². The Balaban J connectivity index is 1.66. The Morgan fingerprint density at radius 1 is 1.41 bits per heavy atom. The first kappa shape index (κ1) is 22.2. The lowest BCUT2D eigenvalue weighted by Crippen LogP contribution is -2.57. The van der Waals surface area contributed by atoms with Crippen LogP contribution in [0.3, 0.4) is 0 Å². The molecule has 3 fully saturated rings. The summed E-state index contributed by atoms with van der Waals surface area (Å²) in [5, 5.41) is 23.6. The Morgan fingerprint density at radius 2 is 2.10 bits per heavy atom. The smallest absolute Gasteiger partial charge is 0.337 e. The van der Waals surface area contributed by atoms with Crippen molar-refractivity contribution in [3.05, 3.63) is 24.1 Å². The van der Waals surface area contributed by atoms with E-state index in [0.717, 1.165) is 12.2 Å². The molecule has 6 nitrogen and oxygen atoms in total. The normalized spacial score (nSPS) is 35.7. The van der Waals surface area contributed by atoms with Gasteiger partial charge in [0.05, 0.1) is 6.04 Å². The van der Waals surface area contributed by atoms with E-state index in [1.165, 1.54) is 6.42 Å². The van der Waals surface area contributed by atoms with Gasteiger partial charge in [-0.05, 0) is 60.5 Å². The molecule has 3 saturated carbocycles. The second kappa shape index (κ2) is 7.95. The number of hydrogen-bond donors (Lipinski definition) is 4. The summed E-state index contributed by atoms with van der Waals surface area (Å²) in [6, 6.07) is -1.18. The Hall–Kier alpha value is -1.53. The number of fused-ring (bicyclic) bond motifs is 2. The van der Waals surface area contributed by atoms with Gasteiger partial charge < -0.3 is 26.0 Å². The Labute approximate surface area is 174 Å². The number of aliphatic hydroxyl groups is 1. The van der Waals surface area contributed by atoms with Crippen LogP contribution in [-0.2, 0) is 9.53 Å². The summed E-state index contributed by atoms with van der Waals surface area (Å²) < 4.78 is 6.34. The zero-order chi connectivity index (χ0) is 21.6. The number of hydrogen-bond acceptors (Lipinski definition) is 5. The standard InChI is InChI=1S/C23H38N2O4/c1-13(2)8-20(24)23(28,21(26)27)12-16-11-17(6-7-25-16)29-19-10-15-9-18(14(19)3)22(15,4)5/h6-7,11,13-16,18-20,25,28H,8-10,12,24H2,1-5H3,(H,26,27)/t14-,15+,16?,18-,19+,20-,23+/m0/s1. The van der Waals surface area contributed by atoms with Gasteiger partial charge in [-0.2, -0.15) is 0 Å². The van der Waals surface area contributed by atoms with E-state index in [2.05, 4.69) is 26.1 Å². The van der Waals surface area contributed by atoms with Gasteiger partial charge in [0.15, 0.2) is 5.60 Å². The fourth-order valence-corrected chi connectivity index (χ4v) is 5.62. The third-order valence-corrected chi connectivity index (χ3v) is 7.74. The van der Waals surface area contributed by atoms with Crippen LogP contribution in [0.2, 0.25) is 0 Å². The molecule has 0 amide bonds. The van der Waals surface area contributed by atoms with E-state index >= 15 is 0 Å². The van der Waals surface area contributed by atoms with Gasteiger partial charge >= 0.3 is 5.97 Å². The molecule has 1 unspecified atom stereocenters. The van der Waals surface area contributed by atoms with E-state index in [9.17, 15) is 15.0 Å². The number of ether oxygens (including phenoxy) is 1. The molecular formula is C23H38N2O4. The molecule has 2 bridgehead atoms. The SMILES string of the molecule is CC(C)C[C@H](N)[C@](O)(CC1C=C(O[C@@H]2C[C@H]3C[C@@H]([C@@H]2C)C3(C)C)C=CN1)C(=O)O. The van der Waals surface area contributed by atoms with E-state index in [1.807, 2.05) is 26.0 Å². The molecule has 1 heterocycles. The molecule has 0 aromatic carbocycles. The van der Waals surface area contributed by atoms with Gasteiger partial charge in [0.1, 0.15) is 11.9 Å². The van der Waals surface area contributed by atoms with Crippen LogP contribution in [0.4, 0.5) is 0 Å². The second-order valence-corrected chi connectivity index (χ2v) is 10.5. The highest BCUT2D eigenvalue weighted by molar-refractivity contribution is 5.78. The van der Waals surface area contributed by atoms with Gasteiger partial charge in [0.2, 0.25) is 0 Å². The van der Waals surface area contributed by atoms with Crippen LogP contribution in [0.25, 0.3) is 0 Å². The first-order valence-electron chi connectivity index (χ1n) is 11.0. The molecule has 164 valence electrons. The summed E-state index contributed by atoms with van der Waals surface area (Å²) in [5.74, 6) is 1.57. The minimum atomic E-state index is -1.99. The second-order valence-electron chi connectivity index (χ2n) is 10.5. The van der Waals surface area contributed by atoms with Gasteiger partial charge in [-0.3, -0.25) is 0 Å². The van der Waals surface area contributed by atoms with Crippen LogP contribution < -0.4 is 11.1 Å². The number of aliphatic carboxylic acids is 1. The monoisotopic (exact) mass is 406 g/mol. The van der Waals surface area contributed by atoms with E-state index in [-0.39, 0.29) is 24.5 Å². The first-order chi connectivity index (χ1) is 13.4. The quantitative estimate of drug-likeness (QED) is 0.494. The van der Waals surface area contributed by atoms with E-state index in [1.54, 1.807) is 6.20 Å². The third-order valence-electron chi connectivity index (χ3n) is 7.74. The van der Waals surface area contributed by atoms with Crippen molar-refractivity contribution in [3.8, 4) is 0 Å². The van der Waals surface area contributed by atoms with Crippen LogP contribution in [-0.4, -0.2) is 40.0 Å². The number of carboxylic acids is 1. The average molecular weight is 407 g/mol. The highest BCUT2D eigenvalue weighted by atomic mass is 16.5. The summed E-state index contributed by atoms with van der Waals surface area (Å²) in [7, 11) is 0. The maximum Gasteiger partial charge on any atom is 0.337 e. The summed E-state index contributed by atoms with van der Waals surface area (Å²) in [6.45, 7) is 10.9. The molecule has 7 atom stereocenters. The van der Waals surface area contributed by atoms with Crippen molar-refractivity contribution in [2.75, 3.05) is 0 Å². The lowest BCUT2D eigenvalue weighted by Gasteiger charge is -2.61. The minimum absolute atomic E-state index is 0.00801. The fourth-order valence-electron chi connectivity index (χ4n) is 5.62. The predicted molar refractivity (Wildman–Crippen MR) is 113 cm³/mol. The van der Waals surface area contributed by atoms with Gasteiger partial charge in [0, 0.05) is 18.7 Å². The Kier molecular flexibility index (Phi) is 6.08. The molecule has 1 aliphatic heterocycles. The zero-order valence-electron chi connectivity index (χ0n) is 18.4. The number of nitrogens with one attached hydrogen (secondary N) is 1. The predicted octanol–water partition coefficient (Wildman–Crippen LogP) is 3.02. The largest absolute Gasteiger partial charge is 0.490 e. The van der Waals surface area contributed by atoms with Gasteiger partial charge in [-0.15, -0.1) is 0 Å². The third kappa shape index (κ3) is 4.19. The summed E-state index contributed by atoms with van der Waals surface area (Å²) in [4.78, 5) is 11.8. The Morgan fingerprint density at radius 3 is 2.66 bits per heavy atom. The summed E-state index contributed by atoms with van der Waals surface area (Å²) in [5.41, 5.74) is 4.51. The molecule has 3 aliphatic carbocycles. The van der Waals surface area contributed by atoms with Crippen LogP contribution in [0.1, 0.15) is 60.3 Å². The maximum absolute atomic E-state index is 11.8. The van der Waals surface area contributed by atoms with Gasteiger partial charge in [0.25, 0.3) is 0 Å². The van der Waals surface area contributed by atoms with Crippen LogP contribution in [0, 0.1) is 29.1 Å². The zero-order valence-corrected chi connectivity index (χ0v) is 18.4. The van der Waals surface area contributed by atoms with Crippen LogP contribution in [0.5, 0.6) is 0 Å². The summed E-state index contributed by atoms with van der Waals surface area (Å²) in [6.07, 6.45) is 8.51. The number of nitrogens with two attached hydrogens (primary N) is 1. The molecule has 4 aliphatic rings. The van der Waals surface area contributed by atoms with Crippen molar-refractivity contribution in [2.24, 2.45) is 34.8 Å². The molecular weight excluding hydrogens is 368 g/mol. The van der Waals surface area contributed by atoms with Crippen molar-refractivity contribution < 1.29 is 19.7 Å². The van der Waals surface area contributed by atoms with Crippen molar-refractivity contribution in [1.29, 1.82) is 0 Å². The highest BCUT2D eigenvalue weighted by Crippen LogP contribution is 2.61. The highest BCUT2D eigenvalue weighted by Gasteiger charge is 2.57. The molecule has 29 heavy (non-hydrogen) atoms. The summed E-state index contributed by atoms with van der Waals surface area (Å²) >= 11 is 0. The molecule has 0 spiro atoms. The molecule has 0 aromatic heterocycles.